The summed E-state index contributed by atoms with van der Waals surface area (Å²) in [6.07, 6.45) is 4.93. The number of rotatable bonds is 0. The van der Waals surface area contributed by atoms with Gasteiger partial charge >= 0.3 is 0 Å². The summed E-state index contributed by atoms with van der Waals surface area (Å²) in [5.74, 6) is 5.09. The average molecular weight is 106 g/mol. The van der Waals surface area contributed by atoms with Gasteiger partial charge in [0.25, 0.3) is 0 Å². The van der Waals surface area contributed by atoms with Crippen LogP contribution < -0.4 is 0 Å². The Bertz CT molecular complexity index is 184. The largest absolute Gasteiger partial charge is 0.0465 e. The van der Waals surface area contributed by atoms with Crippen LogP contribution in [-0.2, 0) is 0 Å². The van der Waals surface area contributed by atoms with Crippen LogP contribution in [0.2, 0.25) is 0 Å². The first-order valence-electron chi connectivity index (χ1n) is 3.93. The summed E-state index contributed by atoms with van der Waals surface area (Å²) < 4.78 is 0. The molecular weight excluding hydrogens is 96.1 g/mol. The first-order valence-corrected chi connectivity index (χ1v) is 3.93. The normalized spacial score (nSPS) is 87.0. The van der Waals surface area contributed by atoms with E-state index in [0.717, 1.165) is 5.41 Å². The molecule has 0 nitrogen and oxygen atoms in total. The Morgan fingerprint density at radius 1 is 1.00 bits per heavy atom. The average Bonchev–Trinajstić information content (AvgIpc) is 2.57. The predicted octanol–water partition coefficient (Wildman–Crippen LogP) is 1.66. The minimum absolute atomic E-state index is 1.06. The van der Waals surface area contributed by atoms with E-state index in [1.165, 1.54) is 23.7 Å². The van der Waals surface area contributed by atoms with Crippen LogP contribution in [0, 0.1) is 29.1 Å². The van der Waals surface area contributed by atoms with Crippen molar-refractivity contribution in [2.45, 2.75) is 19.3 Å². The molecule has 5 unspecified atom stereocenters. The topological polar surface area (TPSA) is 0 Å². The molecule has 1 spiro atoms. The van der Waals surface area contributed by atoms with Crippen molar-refractivity contribution in [3.05, 3.63) is 0 Å². The molecule has 4 fully saturated rings. The lowest BCUT2D eigenvalue weighted by atomic mass is 10.0. The Kier molecular flexibility index (Phi) is 0.231. The molecule has 0 aromatic rings. The van der Waals surface area contributed by atoms with E-state index in [1.54, 1.807) is 19.3 Å². The summed E-state index contributed by atoms with van der Waals surface area (Å²) in [6.45, 7) is 0. The highest BCUT2D eigenvalue weighted by molar-refractivity contribution is 5.36. The first kappa shape index (κ1) is 3.24. The summed E-state index contributed by atoms with van der Waals surface area (Å²) in [5.41, 5.74) is 1.06. The second-order valence-corrected chi connectivity index (χ2v) is 4.37. The summed E-state index contributed by atoms with van der Waals surface area (Å²) in [4.78, 5) is 0. The molecular formula is C8H10. The zero-order chi connectivity index (χ0) is 4.93. The second-order valence-electron chi connectivity index (χ2n) is 4.37. The van der Waals surface area contributed by atoms with Crippen LogP contribution >= 0.6 is 0 Å². The van der Waals surface area contributed by atoms with Crippen LogP contribution in [0.15, 0.2) is 0 Å². The van der Waals surface area contributed by atoms with Crippen LogP contribution in [0.1, 0.15) is 19.3 Å². The Morgan fingerprint density at radius 3 is 2.38 bits per heavy atom. The zero-order valence-electron chi connectivity index (χ0n) is 4.93. The molecule has 8 heavy (non-hydrogen) atoms. The van der Waals surface area contributed by atoms with Gasteiger partial charge < -0.3 is 0 Å². The van der Waals surface area contributed by atoms with Crippen molar-refractivity contribution in [2.75, 3.05) is 0 Å². The van der Waals surface area contributed by atoms with Gasteiger partial charge in [-0.3, -0.25) is 0 Å². The third-order valence-electron chi connectivity index (χ3n) is 4.34. The molecule has 4 aliphatic rings. The highest BCUT2D eigenvalue weighted by atomic mass is 14.9. The van der Waals surface area contributed by atoms with Gasteiger partial charge in [0.15, 0.2) is 0 Å². The fraction of sp³-hybridized carbons (Fsp3) is 1.00. The molecule has 0 aromatic heterocycles. The smallest absolute Gasteiger partial charge is 0.0201 e. The molecule has 0 heteroatoms. The van der Waals surface area contributed by atoms with E-state index in [1.807, 2.05) is 0 Å². The Labute approximate surface area is 49.3 Å². The molecule has 0 aliphatic heterocycles. The maximum absolute atomic E-state index is 1.65. The Balaban J connectivity index is 1.98. The van der Waals surface area contributed by atoms with E-state index in [9.17, 15) is 0 Å². The van der Waals surface area contributed by atoms with Crippen LogP contribution in [0.3, 0.4) is 0 Å². The zero-order valence-corrected chi connectivity index (χ0v) is 4.93. The van der Waals surface area contributed by atoms with Gasteiger partial charge in [-0.2, -0.15) is 0 Å². The quantitative estimate of drug-likeness (QED) is 0.440. The second kappa shape index (κ2) is 0.571. The fourth-order valence-corrected chi connectivity index (χ4v) is 3.66. The van der Waals surface area contributed by atoms with E-state index in [2.05, 4.69) is 0 Å². The van der Waals surface area contributed by atoms with Gasteiger partial charge in [0.2, 0.25) is 0 Å². The number of hydrogen-bond acceptors (Lipinski definition) is 0. The number of hydrogen-bond donors (Lipinski definition) is 0. The van der Waals surface area contributed by atoms with E-state index in [-0.39, 0.29) is 0 Å². The molecule has 4 saturated carbocycles. The Hall–Kier alpha value is 0. The van der Waals surface area contributed by atoms with Crippen molar-refractivity contribution >= 4 is 0 Å². The molecule has 0 N–H and O–H groups in total. The minimum Gasteiger partial charge on any atom is -0.0465 e. The molecule has 0 heterocycles. The van der Waals surface area contributed by atoms with Crippen molar-refractivity contribution in [1.29, 1.82) is 0 Å². The molecule has 42 valence electrons. The van der Waals surface area contributed by atoms with Crippen LogP contribution in [0.4, 0.5) is 0 Å². The molecule has 0 amide bonds. The highest BCUT2D eigenvalue weighted by Gasteiger charge is 2.88. The van der Waals surface area contributed by atoms with Crippen LogP contribution in [-0.4, -0.2) is 0 Å². The first-order chi connectivity index (χ1) is 3.93. The van der Waals surface area contributed by atoms with E-state index in [0.29, 0.717) is 0 Å². The molecule has 4 rings (SSSR count). The van der Waals surface area contributed by atoms with Gasteiger partial charge in [-0.25, -0.2) is 0 Å². The maximum Gasteiger partial charge on any atom is -0.0201 e. The highest BCUT2D eigenvalue weighted by Crippen LogP contribution is 2.94. The van der Waals surface area contributed by atoms with Gasteiger partial charge in [-0.15, -0.1) is 0 Å². The number of fused-ring (bicyclic) bond motifs is 2. The lowest BCUT2D eigenvalue weighted by Crippen LogP contribution is -1.92. The van der Waals surface area contributed by atoms with Crippen molar-refractivity contribution in [1.82, 2.24) is 0 Å². The van der Waals surface area contributed by atoms with E-state index >= 15 is 0 Å². The van der Waals surface area contributed by atoms with Crippen molar-refractivity contribution < 1.29 is 0 Å². The van der Waals surface area contributed by atoms with Crippen LogP contribution in [0.25, 0.3) is 0 Å². The molecule has 0 bridgehead atoms. The SMILES string of the molecule is C1C2CC3C4CC34C12. The molecule has 4 aliphatic carbocycles. The summed E-state index contributed by atoms with van der Waals surface area (Å²) in [5, 5.41) is 0. The monoisotopic (exact) mass is 106 g/mol. The third-order valence-corrected chi connectivity index (χ3v) is 4.34. The van der Waals surface area contributed by atoms with Crippen LogP contribution in [0.5, 0.6) is 0 Å². The van der Waals surface area contributed by atoms with E-state index in [4.69, 9.17) is 0 Å². The van der Waals surface area contributed by atoms with Crippen molar-refractivity contribution in [3.63, 3.8) is 0 Å². The molecule has 5 atom stereocenters. The van der Waals surface area contributed by atoms with Gasteiger partial charge in [-0.05, 0) is 48.3 Å². The lowest BCUT2D eigenvalue weighted by molar-refractivity contribution is 0.491. The molecule has 0 aromatic carbocycles. The summed E-state index contributed by atoms with van der Waals surface area (Å²) in [6, 6.07) is 0. The standard InChI is InChI=1S/C8H10/c1-4-2-6-7-3-8(6,7)5(1)4/h4-7H,1-3H2. The fourth-order valence-electron chi connectivity index (χ4n) is 3.66. The summed E-state index contributed by atoms with van der Waals surface area (Å²) >= 11 is 0. The van der Waals surface area contributed by atoms with Gasteiger partial charge in [-0.1, -0.05) is 0 Å². The molecule has 0 radical (unpaired) electrons. The van der Waals surface area contributed by atoms with Gasteiger partial charge in [0.05, 0.1) is 0 Å². The van der Waals surface area contributed by atoms with Crippen molar-refractivity contribution in [2.24, 2.45) is 29.1 Å². The minimum atomic E-state index is 1.06. The summed E-state index contributed by atoms with van der Waals surface area (Å²) in [7, 11) is 0. The Morgan fingerprint density at radius 2 is 1.88 bits per heavy atom. The van der Waals surface area contributed by atoms with Gasteiger partial charge in [0, 0.05) is 0 Å². The predicted molar refractivity (Wildman–Crippen MR) is 30.2 cm³/mol. The third kappa shape index (κ3) is 0.138. The van der Waals surface area contributed by atoms with Gasteiger partial charge in [0.1, 0.15) is 0 Å². The van der Waals surface area contributed by atoms with E-state index < -0.39 is 0 Å². The molecule has 0 saturated heterocycles. The maximum atomic E-state index is 1.65. The van der Waals surface area contributed by atoms with Crippen molar-refractivity contribution in [3.8, 4) is 0 Å². The lowest BCUT2D eigenvalue weighted by Gasteiger charge is -1.99.